The first kappa shape index (κ1) is 13.4. The molecule has 0 bridgehead atoms. The molecule has 2 heteroatoms. The van der Waals surface area contributed by atoms with Gasteiger partial charge in [0.15, 0.2) is 0 Å². The van der Waals surface area contributed by atoms with Crippen LogP contribution < -0.4 is 10.6 Å². The fourth-order valence-electron chi connectivity index (χ4n) is 2.78. The number of allylic oxidation sites excluding steroid dienone is 1. The van der Waals surface area contributed by atoms with E-state index in [1.54, 1.807) is 0 Å². The molecule has 1 aliphatic rings. The molecule has 1 saturated carbocycles. The van der Waals surface area contributed by atoms with E-state index in [0.29, 0.717) is 5.92 Å². The van der Waals surface area contributed by atoms with E-state index in [1.807, 2.05) is 60.7 Å². The zero-order chi connectivity index (χ0) is 14.0. The second kappa shape index (κ2) is 5.42. The van der Waals surface area contributed by atoms with Crippen molar-refractivity contribution in [3.05, 3.63) is 72.8 Å². The van der Waals surface area contributed by atoms with Crippen molar-refractivity contribution < 1.29 is 4.57 Å². The molecule has 0 saturated heterocycles. The maximum absolute atomic E-state index is 13.7. The molecule has 1 fully saturated rings. The summed E-state index contributed by atoms with van der Waals surface area (Å²) in [6, 6.07) is 19.8. The Hall–Kier alpha value is -1.59. The number of benzene rings is 2. The predicted octanol–water partition coefficient (Wildman–Crippen LogP) is 3.97. The molecule has 0 aromatic heterocycles. The van der Waals surface area contributed by atoms with E-state index in [9.17, 15) is 4.57 Å². The van der Waals surface area contributed by atoms with Crippen molar-refractivity contribution in [1.82, 2.24) is 0 Å². The minimum Gasteiger partial charge on any atom is -0.314 e. The van der Waals surface area contributed by atoms with Gasteiger partial charge in [0.2, 0.25) is 0 Å². The summed E-state index contributed by atoms with van der Waals surface area (Å²) in [5.74, 6) is 0.418. The number of hydrogen-bond donors (Lipinski definition) is 0. The van der Waals surface area contributed by atoms with Gasteiger partial charge in [0.25, 0.3) is 0 Å². The van der Waals surface area contributed by atoms with Crippen molar-refractivity contribution in [3.8, 4) is 0 Å². The van der Waals surface area contributed by atoms with E-state index in [1.165, 1.54) is 5.57 Å². The van der Waals surface area contributed by atoms with Crippen LogP contribution in [0.25, 0.3) is 0 Å². The Bertz CT molecular complexity index is 602. The molecule has 1 aliphatic carbocycles. The van der Waals surface area contributed by atoms with E-state index >= 15 is 0 Å². The van der Waals surface area contributed by atoms with E-state index in [4.69, 9.17) is 0 Å². The SMILES string of the molecule is C=C1CCC1CP(=O)(c1ccccc1)c1ccccc1. The molecule has 2 aromatic carbocycles. The molecule has 2 aromatic rings. The van der Waals surface area contributed by atoms with Gasteiger partial charge in [-0.2, -0.15) is 0 Å². The molecular weight excluding hydrogens is 263 g/mol. The van der Waals surface area contributed by atoms with Crippen LogP contribution in [0.15, 0.2) is 72.8 Å². The molecule has 0 radical (unpaired) electrons. The Labute approximate surface area is 120 Å². The summed E-state index contributed by atoms with van der Waals surface area (Å²) < 4.78 is 13.7. The van der Waals surface area contributed by atoms with Crippen LogP contribution in [0.1, 0.15) is 12.8 Å². The summed E-state index contributed by atoms with van der Waals surface area (Å²) in [6.45, 7) is 4.09. The van der Waals surface area contributed by atoms with Crippen molar-refractivity contribution >= 4 is 17.8 Å². The van der Waals surface area contributed by atoms with Gasteiger partial charge in [0.1, 0.15) is 7.14 Å². The van der Waals surface area contributed by atoms with Gasteiger partial charge in [-0.25, -0.2) is 0 Å². The Morgan fingerprint density at radius 1 is 0.950 bits per heavy atom. The summed E-state index contributed by atoms with van der Waals surface area (Å²) >= 11 is 0. The van der Waals surface area contributed by atoms with Gasteiger partial charge in [-0.1, -0.05) is 72.8 Å². The van der Waals surface area contributed by atoms with Gasteiger partial charge >= 0.3 is 0 Å². The molecule has 0 heterocycles. The Morgan fingerprint density at radius 3 is 1.80 bits per heavy atom. The Kier molecular flexibility index (Phi) is 3.63. The van der Waals surface area contributed by atoms with Gasteiger partial charge in [-0.15, -0.1) is 0 Å². The topological polar surface area (TPSA) is 17.1 Å². The quantitative estimate of drug-likeness (QED) is 0.612. The highest BCUT2D eigenvalue weighted by molar-refractivity contribution is 7.78. The van der Waals surface area contributed by atoms with Gasteiger partial charge in [0.05, 0.1) is 0 Å². The van der Waals surface area contributed by atoms with Crippen molar-refractivity contribution in [2.75, 3.05) is 6.16 Å². The predicted molar refractivity (Wildman–Crippen MR) is 86.5 cm³/mol. The molecule has 0 spiro atoms. The summed E-state index contributed by atoms with van der Waals surface area (Å²) in [5, 5.41) is 1.93. The maximum atomic E-state index is 13.7. The Morgan fingerprint density at radius 2 is 1.45 bits per heavy atom. The minimum atomic E-state index is -2.54. The number of rotatable bonds is 4. The largest absolute Gasteiger partial charge is 0.314 e. The van der Waals surface area contributed by atoms with Crippen LogP contribution in [0.2, 0.25) is 0 Å². The lowest BCUT2D eigenvalue weighted by atomic mass is 9.82. The van der Waals surface area contributed by atoms with Gasteiger partial charge < -0.3 is 4.57 Å². The van der Waals surface area contributed by atoms with E-state index in [0.717, 1.165) is 29.6 Å². The van der Waals surface area contributed by atoms with Crippen molar-refractivity contribution in [2.24, 2.45) is 5.92 Å². The van der Waals surface area contributed by atoms with Gasteiger partial charge in [0, 0.05) is 16.8 Å². The molecule has 0 aliphatic heterocycles. The lowest BCUT2D eigenvalue weighted by Crippen LogP contribution is -2.26. The zero-order valence-corrected chi connectivity index (χ0v) is 12.4. The highest BCUT2D eigenvalue weighted by Crippen LogP contribution is 2.50. The third-order valence-electron chi connectivity index (χ3n) is 4.22. The van der Waals surface area contributed by atoms with Crippen LogP contribution >= 0.6 is 7.14 Å². The van der Waals surface area contributed by atoms with Crippen LogP contribution in [0, 0.1) is 5.92 Å². The lowest BCUT2D eigenvalue weighted by molar-refractivity contribution is 0.482. The third kappa shape index (κ3) is 2.39. The fraction of sp³-hybridized carbons (Fsp3) is 0.222. The first-order valence-corrected chi connectivity index (χ1v) is 8.97. The van der Waals surface area contributed by atoms with Crippen LogP contribution in [-0.4, -0.2) is 6.16 Å². The van der Waals surface area contributed by atoms with Crippen LogP contribution in [0.3, 0.4) is 0 Å². The van der Waals surface area contributed by atoms with E-state index < -0.39 is 7.14 Å². The molecule has 1 atom stereocenters. The molecule has 1 nitrogen and oxygen atoms in total. The normalized spacial score (nSPS) is 18.6. The first-order valence-electron chi connectivity index (χ1n) is 7.08. The van der Waals surface area contributed by atoms with Gasteiger partial charge in [-0.3, -0.25) is 0 Å². The zero-order valence-electron chi connectivity index (χ0n) is 11.5. The molecule has 1 unspecified atom stereocenters. The summed E-state index contributed by atoms with van der Waals surface area (Å²) in [6.07, 6.45) is 2.94. The van der Waals surface area contributed by atoms with Crippen LogP contribution in [0.5, 0.6) is 0 Å². The standard InChI is InChI=1S/C18H19OP/c1-15-12-13-16(15)14-20(19,17-8-4-2-5-9-17)18-10-6-3-7-11-18/h2-11,16H,1,12-14H2. The average molecular weight is 282 g/mol. The lowest BCUT2D eigenvalue weighted by Gasteiger charge is -2.33. The summed E-state index contributed by atoms with van der Waals surface area (Å²) in [4.78, 5) is 0. The minimum absolute atomic E-state index is 0.418. The van der Waals surface area contributed by atoms with E-state index in [-0.39, 0.29) is 0 Å². The van der Waals surface area contributed by atoms with E-state index in [2.05, 4.69) is 6.58 Å². The third-order valence-corrected chi connectivity index (χ3v) is 7.43. The first-order chi connectivity index (χ1) is 9.70. The molecular formula is C18H19OP. The number of hydrogen-bond acceptors (Lipinski definition) is 1. The molecule has 0 amide bonds. The summed E-state index contributed by atoms with van der Waals surface area (Å²) in [7, 11) is -2.54. The maximum Gasteiger partial charge on any atom is 0.143 e. The second-order valence-corrected chi connectivity index (χ2v) is 8.36. The molecule has 0 N–H and O–H groups in total. The highest BCUT2D eigenvalue weighted by atomic mass is 31.2. The average Bonchev–Trinajstić information content (AvgIpc) is 2.52. The second-order valence-electron chi connectivity index (χ2n) is 5.49. The summed E-state index contributed by atoms with van der Waals surface area (Å²) in [5.41, 5.74) is 1.26. The van der Waals surface area contributed by atoms with Crippen LogP contribution in [0.4, 0.5) is 0 Å². The Balaban J connectivity index is 2.03. The van der Waals surface area contributed by atoms with Crippen LogP contribution in [-0.2, 0) is 4.57 Å². The molecule has 102 valence electrons. The van der Waals surface area contributed by atoms with Crippen molar-refractivity contribution in [2.45, 2.75) is 12.8 Å². The fourth-order valence-corrected chi connectivity index (χ4v) is 5.87. The van der Waals surface area contributed by atoms with Gasteiger partial charge in [-0.05, 0) is 18.8 Å². The smallest absolute Gasteiger partial charge is 0.143 e. The molecule has 20 heavy (non-hydrogen) atoms. The van der Waals surface area contributed by atoms with Crippen molar-refractivity contribution in [3.63, 3.8) is 0 Å². The molecule has 3 rings (SSSR count). The monoisotopic (exact) mass is 282 g/mol. The highest BCUT2D eigenvalue weighted by Gasteiger charge is 2.34. The van der Waals surface area contributed by atoms with Crippen molar-refractivity contribution in [1.29, 1.82) is 0 Å².